The zero-order chi connectivity index (χ0) is 13.0. The molecule has 0 fully saturated rings. The SMILES string of the molecule is COc1ccccc1Nc1ncc([N+](=O)[O-])cn1. The Morgan fingerprint density at radius 1 is 1.28 bits per heavy atom. The zero-order valence-corrected chi connectivity index (χ0v) is 9.53. The molecule has 1 aromatic carbocycles. The number of ether oxygens (including phenoxy) is 1. The molecule has 7 nitrogen and oxygen atoms in total. The van der Waals surface area contributed by atoms with Gasteiger partial charge in [0.2, 0.25) is 5.95 Å². The second-order valence-corrected chi connectivity index (χ2v) is 3.35. The maximum Gasteiger partial charge on any atom is 0.305 e. The highest BCUT2D eigenvalue weighted by Gasteiger charge is 2.08. The van der Waals surface area contributed by atoms with Crippen LogP contribution in [0.5, 0.6) is 5.75 Å². The van der Waals surface area contributed by atoms with E-state index >= 15 is 0 Å². The summed E-state index contributed by atoms with van der Waals surface area (Å²) in [5.74, 6) is 0.907. The number of para-hydroxylation sites is 2. The third-order valence-corrected chi connectivity index (χ3v) is 2.20. The molecule has 92 valence electrons. The van der Waals surface area contributed by atoms with Crippen LogP contribution in [0.25, 0.3) is 0 Å². The minimum Gasteiger partial charge on any atom is -0.495 e. The summed E-state index contributed by atoms with van der Waals surface area (Å²) in [4.78, 5) is 17.6. The Hall–Kier alpha value is -2.70. The summed E-state index contributed by atoms with van der Waals surface area (Å²) in [6, 6.07) is 7.24. The Balaban J connectivity index is 2.21. The van der Waals surface area contributed by atoms with Crippen LogP contribution < -0.4 is 10.1 Å². The quantitative estimate of drug-likeness (QED) is 0.656. The molecule has 0 unspecified atom stereocenters. The van der Waals surface area contributed by atoms with Crippen LogP contribution in [0.2, 0.25) is 0 Å². The number of hydrogen-bond acceptors (Lipinski definition) is 6. The van der Waals surface area contributed by atoms with Gasteiger partial charge in [-0.2, -0.15) is 0 Å². The average molecular weight is 246 g/mol. The van der Waals surface area contributed by atoms with Crippen molar-refractivity contribution in [2.45, 2.75) is 0 Å². The molecule has 7 heteroatoms. The Morgan fingerprint density at radius 3 is 2.56 bits per heavy atom. The zero-order valence-electron chi connectivity index (χ0n) is 9.53. The van der Waals surface area contributed by atoms with Gasteiger partial charge in [0, 0.05) is 0 Å². The van der Waals surface area contributed by atoms with Crippen molar-refractivity contribution in [3.8, 4) is 5.75 Å². The standard InChI is InChI=1S/C11H10N4O3/c1-18-10-5-3-2-4-9(10)14-11-12-6-8(7-13-11)15(16)17/h2-7H,1H3,(H,12,13,14). The topological polar surface area (TPSA) is 90.2 Å². The summed E-state index contributed by atoms with van der Waals surface area (Å²) in [5.41, 5.74) is 0.537. The highest BCUT2D eigenvalue weighted by atomic mass is 16.6. The van der Waals surface area contributed by atoms with Crippen LogP contribution in [0, 0.1) is 10.1 Å². The molecule has 2 aromatic rings. The number of nitrogens with one attached hydrogen (secondary N) is 1. The molecule has 0 aliphatic carbocycles. The fraction of sp³-hybridized carbons (Fsp3) is 0.0909. The molecule has 0 amide bonds. The molecule has 0 saturated carbocycles. The third kappa shape index (κ3) is 2.51. The van der Waals surface area contributed by atoms with E-state index in [1.165, 1.54) is 0 Å². The van der Waals surface area contributed by atoms with Crippen molar-refractivity contribution in [3.63, 3.8) is 0 Å². The van der Waals surface area contributed by atoms with Gasteiger partial charge >= 0.3 is 5.69 Å². The molecule has 1 aromatic heterocycles. The van der Waals surface area contributed by atoms with Crippen molar-refractivity contribution in [2.75, 3.05) is 12.4 Å². The van der Waals surface area contributed by atoms with Crippen molar-refractivity contribution < 1.29 is 9.66 Å². The Kier molecular flexibility index (Phi) is 3.33. The Labute approximate surface area is 103 Å². The van der Waals surface area contributed by atoms with Crippen LogP contribution in [0.4, 0.5) is 17.3 Å². The number of anilines is 2. The molecule has 1 N–H and O–H groups in total. The fourth-order valence-electron chi connectivity index (χ4n) is 1.35. The lowest BCUT2D eigenvalue weighted by atomic mass is 10.3. The van der Waals surface area contributed by atoms with Crippen LogP contribution in [0.1, 0.15) is 0 Å². The van der Waals surface area contributed by atoms with E-state index in [1.807, 2.05) is 12.1 Å². The lowest BCUT2D eigenvalue weighted by Gasteiger charge is -2.08. The fourth-order valence-corrected chi connectivity index (χ4v) is 1.35. The van der Waals surface area contributed by atoms with Gasteiger partial charge < -0.3 is 10.1 Å². The van der Waals surface area contributed by atoms with Crippen molar-refractivity contribution in [1.82, 2.24) is 9.97 Å². The molecular weight excluding hydrogens is 236 g/mol. The highest BCUT2D eigenvalue weighted by Crippen LogP contribution is 2.25. The van der Waals surface area contributed by atoms with Crippen LogP contribution in [0.3, 0.4) is 0 Å². The monoisotopic (exact) mass is 246 g/mol. The summed E-state index contributed by atoms with van der Waals surface area (Å²) in [6.45, 7) is 0. The predicted molar refractivity (Wildman–Crippen MR) is 65.0 cm³/mol. The van der Waals surface area contributed by atoms with Gasteiger partial charge in [0.25, 0.3) is 0 Å². The summed E-state index contributed by atoms with van der Waals surface area (Å²) < 4.78 is 5.15. The Morgan fingerprint density at radius 2 is 1.94 bits per heavy atom. The molecule has 0 radical (unpaired) electrons. The predicted octanol–water partition coefficient (Wildman–Crippen LogP) is 2.14. The van der Waals surface area contributed by atoms with Gasteiger partial charge in [-0.15, -0.1) is 0 Å². The lowest BCUT2D eigenvalue weighted by molar-refractivity contribution is -0.385. The third-order valence-electron chi connectivity index (χ3n) is 2.20. The second-order valence-electron chi connectivity index (χ2n) is 3.35. The van der Waals surface area contributed by atoms with E-state index in [1.54, 1.807) is 19.2 Å². The first-order valence-corrected chi connectivity index (χ1v) is 5.07. The van der Waals surface area contributed by atoms with E-state index in [0.717, 1.165) is 12.4 Å². The van der Waals surface area contributed by atoms with Gasteiger partial charge in [-0.05, 0) is 12.1 Å². The van der Waals surface area contributed by atoms with Gasteiger partial charge in [-0.3, -0.25) is 10.1 Å². The van der Waals surface area contributed by atoms with Crippen molar-refractivity contribution >= 4 is 17.3 Å². The maximum absolute atomic E-state index is 10.5. The van der Waals surface area contributed by atoms with Gasteiger partial charge in [-0.25, -0.2) is 9.97 Å². The number of nitrogens with zero attached hydrogens (tertiary/aromatic N) is 3. The van der Waals surface area contributed by atoms with Crippen LogP contribution in [-0.2, 0) is 0 Å². The van der Waals surface area contributed by atoms with Crippen LogP contribution >= 0.6 is 0 Å². The van der Waals surface area contributed by atoms with Gasteiger partial charge in [0.05, 0.1) is 17.7 Å². The number of nitro groups is 1. The van der Waals surface area contributed by atoms with E-state index < -0.39 is 4.92 Å². The number of hydrogen-bond donors (Lipinski definition) is 1. The first-order valence-electron chi connectivity index (χ1n) is 5.07. The molecule has 0 atom stereocenters. The number of methoxy groups -OCH3 is 1. The second kappa shape index (κ2) is 5.09. The van der Waals surface area contributed by atoms with E-state index in [2.05, 4.69) is 15.3 Å². The van der Waals surface area contributed by atoms with E-state index in [0.29, 0.717) is 11.4 Å². The normalized spacial score (nSPS) is 9.83. The maximum atomic E-state index is 10.5. The van der Waals surface area contributed by atoms with Crippen LogP contribution in [0.15, 0.2) is 36.7 Å². The minimum atomic E-state index is -0.549. The lowest BCUT2D eigenvalue weighted by Crippen LogP contribution is -1.99. The van der Waals surface area contributed by atoms with Crippen LogP contribution in [-0.4, -0.2) is 22.0 Å². The first kappa shape index (κ1) is 11.8. The van der Waals surface area contributed by atoms with E-state index in [4.69, 9.17) is 4.74 Å². The molecule has 0 bridgehead atoms. The summed E-state index contributed by atoms with van der Waals surface area (Å²) in [5, 5.41) is 13.4. The number of benzene rings is 1. The molecule has 0 saturated heterocycles. The van der Waals surface area contributed by atoms with Gasteiger partial charge in [0.15, 0.2) is 0 Å². The summed E-state index contributed by atoms with van der Waals surface area (Å²) in [6.07, 6.45) is 2.29. The largest absolute Gasteiger partial charge is 0.495 e. The molecule has 0 spiro atoms. The molecule has 0 aliphatic heterocycles. The number of rotatable bonds is 4. The molecular formula is C11H10N4O3. The van der Waals surface area contributed by atoms with E-state index in [9.17, 15) is 10.1 Å². The average Bonchev–Trinajstić information content (AvgIpc) is 2.40. The minimum absolute atomic E-state index is 0.152. The van der Waals surface area contributed by atoms with Crippen molar-refractivity contribution in [2.24, 2.45) is 0 Å². The highest BCUT2D eigenvalue weighted by molar-refractivity contribution is 5.62. The molecule has 18 heavy (non-hydrogen) atoms. The smallest absolute Gasteiger partial charge is 0.305 e. The van der Waals surface area contributed by atoms with Gasteiger partial charge in [-0.1, -0.05) is 12.1 Å². The first-order chi connectivity index (χ1) is 8.70. The summed E-state index contributed by atoms with van der Waals surface area (Å²) >= 11 is 0. The van der Waals surface area contributed by atoms with E-state index in [-0.39, 0.29) is 11.6 Å². The van der Waals surface area contributed by atoms with Crippen molar-refractivity contribution in [1.29, 1.82) is 0 Å². The molecule has 0 aliphatic rings. The Bertz CT molecular complexity index is 556. The molecule has 1 heterocycles. The van der Waals surface area contributed by atoms with Gasteiger partial charge in [0.1, 0.15) is 18.1 Å². The summed E-state index contributed by atoms with van der Waals surface area (Å²) in [7, 11) is 1.55. The van der Waals surface area contributed by atoms with Crippen molar-refractivity contribution in [3.05, 3.63) is 46.8 Å². The molecule has 2 rings (SSSR count). The number of aromatic nitrogens is 2.